The summed E-state index contributed by atoms with van der Waals surface area (Å²) in [5.74, 6) is 0.122. The van der Waals surface area contributed by atoms with Crippen LogP contribution >= 0.6 is 15.9 Å². The van der Waals surface area contributed by atoms with Crippen molar-refractivity contribution in [2.24, 2.45) is 0 Å². The van der Waals surface area contributed by atoms with Crippen molar-refractivity contribution in [2.45, 2.75) is 13.0 Å². The van der Waals surface area contributed by atoms with E-state index in [2.05, 4.69) is 15.9 Å². The molecule has 2 aromatic rings. The van der Waals surface area contributed by atoms with Gasteiger partial charge < -0.3 is 14.6 Å². The first-order chi connectivity index (χ1) is 9.99. The zero-order chi connectivity index (χ0) is 15.6. The van der Waals surface area contributed by atoms with Crippen LogP contribution in [0, 0.1) is 12.7 Å². The summed E-state index contributed by atoms with van der Waals surface area (Å²) in [6, 6.07) is 8.11. The molecule has 0 aliphatic heterocycles. The number of halogens is 2. The standard InChI is InChI=1S/C16H16BrFO3/c1-9-10(5-4-6-12(9)17)16(19)11-7-14(20-2)15(21-3)8-13(11)18/h4-8,16,19H,1-3H3. The minimum Gasteiger partial charge on any atom is -0.493 e. The predicted molar refractivity (Wildman–Crippen MR) is 82.4 cm³/mol. The van der Waals surface area contributed by atoms with E-state index in [9.17, 15) is 9.50 Å². The summed E-state index contributed by atoms with van der Waals surface area (Å²) >= 11 is 3.41. The van der Waals surface area contributed by atoms with Gasteiger partial charge in [-0.25, -0.2) is 4.39 Å². The molecule has 0 aromatic heterocycles. The average molecular weight is 355 g/mol. The lowest BCUT2D eigenvalue weighted by molar-refractivity contribution is 0.213. The van der Waals surface area contributed by atoms with Crippen LogP contribution < -0.4 is 9.47 Å². The molecule has 2 rings (SSSR count). The van der Waals surface area contributed by atoms with E-state index in [4.69, 9.17) is 9.47 Å². The highest BCUT2D eigenvalue weighted by atomic mass is 79.9. The van der Waals surface area contributed by atoms with E-state index in [1.54, 1.807) is 12.1 Å². The Morgan fingerprint density at radius 1 is 1.10 bits per heavy atom. The number of benzene rings is 2. The molecule has 1 N–H and O–H groups in total. The lowest BCUT2D eigenvalue weighted by atomic mass is 9.97. The Labute approximate surface area is 131 Å². The highest BCUT2D eigenvalue weighted by Gasteiger charge is 2.21. The van der Waals surface area contributed by atoms with E-state index < -0.39 is 11.9 Å². The van der Waals surface area contributed by atoms with Gasteiger partial charge in [-0.15, -0.1) is 0 Å². The smallest absolute Gasteiger partial charge is 0.163 e. The van der Waals surface area contributed by atoms with Gasteiger partial charge in [0.1, 0.15) is 11.9 Å². The predicted octanol–water partition coefficient (Wildman–Crippen LogP) is 4.00. The van der Waals surface area contributed by atoms with Gasteiger partial charge in [0.15, 0.2) is 11.5 Å². The zero-order valence-electron chi connectivity index (χ0n) is 12.0. The molecule has 0 heterocycles. The maximum absolute atomic E-state index is 14.2. The van der Waals surface area contributed by atoms with Crippen LogP contribution in [0.3, 0.4) is 0 Å². The number of aliphatic hydroxyl groups excluding tert-OH is 1. The van der Waals surface area contributed by atoms with E-state index in [0.29, 0.717) is 11.3 Å². The van der Waals surface area contributed by atoms with Crippen molar-refractivity contribution < 1.29 is 19.0 Å². The fraction of sp³-hybridized carbons (Fsp3) is 0.250. The molecule has 5 heteroatoms. The second kappa shape index (κ2) is 6.45. The fourth-order valence-corrected chi connectivity index (χ4v) is 2.55. The van der Waals surface area contributed by atoms with Crippen LogP contribution in [0.25, 0.3) is 0 Å². The van der Waals surface area contributed by atoms with Crippen molar-refractivity contribution in [3.63, 3.8) is 0 Å². The van der Waals surface area contributed by atoms with Crippen LogP contribution in [-0.4, -0.2) is 19.3 Å². The van der Waals surface area contributed by atoms with Gasteiger partial charge in [0, 0.05) is 16.1 Å². The topological polar surface area (TPSA) is 38.7 Å². The summed E-state index contributed by atoms with van der Waals surface area (Å²) in [5.41, 5.74) is 1.64. The molecule has 112 valence electrons. The van der Waals surface area contributed by atoms with Gasteiger partial charge in [-0.2, -0.15) is 0 Å². The molecule has 0 bridgehead atoms. The van der Waals surface area contributed by atoms with Crippen molar-refractivity contribution in [2.75, 3.05) is 14.2 Å². The molecule has 0 fully saturated rings. The van der Waals surface area contributed by atoms with Gasteiger partial charge in [0.25, 0.3) is 0 Å². The Balaban J connectivity index is 2.53. The summed E-state index contributed by atoms with van der Waals surface area (Å²) in [6.45, 7) is 1.86. The van der Waals surface area contributed by atoms with Crippen LogP contribution in [0.2, 0.25) is 0 Å². The van der Waals surface area contributed by atoms with E-state index >= 15 is 0 Å². The van der Waals surface area contributed by atoms with Crippen LogP contribution in [0.1, 0.15) is 22.8 Å². The molecular formula is C16H16BrFO3. The van der Waals surface area contributed by atoms with E-state index in [0.717, 1.165) is 10.0 Å². The Kier molecular flexibility index (Phi) is 4.85. The number of ether oxygens (including phenoxy) is 2. The van der Waals surface area contributed by atoms with Crippen LogP contribution in [0.5, 0.6) is 11.5 Å². The van der Waals surface area contributed by atoms with Crippen molar-refractivity contribution in [3.8, 4) is 11.5 Å². The summed E-state index contributed by atoms with van der Waals surface area (Å²) in [7, 11) is 2.90. The molecule has 0 saturated heterocycles. The van der Waals surface area contributed by atoms with Gasteiger partial charge in [-0.1, -0.05) is 28.1 Å². The van der Waals surface area contributed by atoms with E-state index in [-0.39, 0.29) is 11.3 Å². The molecule has 2 aromatic carbocycles. The first kappa shape index (κ1) is 15.8. The highest BCUT2D eigenvalue weighted by Crippen LogP contribution is 2.36. The molecule has 0 aliphatic rings. The maximum Gasteiger partial charge on any atom is 0.163 e. The average Bonchev–Trinajstić information content (AvgIpc) is 2.49. The lowest BCUT2D eigenvalue weighted by Crippen LogP contribution is -2.06. The SMILES string of the molecule is COc1cc(F)c(C(O)c2cccc(Br)c2C)cc1OC. The van der Waals surface area contributed by atoms with Crippen LogP contribution in [0.4, 0.5) is 4.39 Å². The van der Waals surface area contributed by atoms with E-state index in [1.165, 1.54) is 26.4 Å². The van der Waals surface area contributed by atoms with Crippen molar-refractivity contribution >= 4 is 15.9 Å². The second-order valence-electron chi connectivity index (χ2n) is 4.59. The fourth-order valence-electron chi connectivity index (χ4n) is 2.17. The zero-order valence-corrected chi connectivity index (χ0v) is 13.6. The lowest BCUT2D eigenvalue weighted by Gasteiger charge is -2.18. The van der Waals surface area contributed by atoms with Crippen molar-refractivity contribution in [3.05, 3.63) is 57.3 Å². The summed E-state index contributed by atoms with van der Waals surface area (Å²) in [4.78, 5) is 0. The van der Waals surface area contributed by atoms with Gasteiger partial charge in [0.2, 0.25) is 0 Å². The molecule has 0 aliphatic carbocycles. The number of methoxy groups -OCH3 is 2. The summed E-state index contributed by atoms with van der Waals surface area (Å²) in [5, 5.41) is 10.5. The normalized spacial score (nSPS) is 12.1. The Hall–Kier alpha value is -1.59. The quantitative estimate of drug-likeness (QED) is 0.901. The third-order valence-corrected chi connectivity index (χ3v) is 4.26. The maximum atomic E-state index is 14.2. The molecule has 0 spiro atoms. The molecule has 21 heavy (non-hydrogen) atoms. The van der Waals surface area contributed by atoms with Crippen LogP contribution in [-0.2, 0) is 0 Å². The number of hydrogen-bond acceptors (Lipinski definition) is 3. The first-order valence-corrected chi connectivity index (χ1v) is 7.13. The second-order valence-corrected chi connectivity index (χ2v) is 5.44. The van der Waals surface area contributed by atoms with Crippen molar-refractivity contribution in [1.29, 1.82) is 0 Å². The molecule has 1 atom stereocenters. The summed E-state index contributed by atoms with van der Waals surface area (Å²) in [6.07, 6.45) is -1.08. The van der Waals surface area contributed by atoms with Crippen LogP contribution in [0.15, 0.2) is 34.8 Å². The molecule has 1 unspecified atom stereocenters. The third kappa shape index (κ3) is 3.04. The molecule has 0 radical (unpaired) electrons. The Morgan fingerprint density at radius 3 is 2.33 bits per heavy atom. The number of hydrogen-bond donors (Lipinski definition) is 1. The molecule has 0 amide bonds. The van der Waals surface area contributed by atoms with Gasteiger partial charge in [-0.3, -0.25) is 0 Å². The largest absolute Gasteiger partial charge is 0.493 e. The molecular weight excluding hydrogens is 339 g/mol. The van der Waals surface area contributed by atoms with Crippen molar-refractivity contribution in [1.82, 2.24) is 0 Å². The first-order valence-electron chi connectivity index (χ1n) is 6.34. The monoisotopic (exact) mass is 354 g/mol. The highest BCUT2D eigenvalue weighted by molar-refractivity contribution is 9.10. The minimum atomic E-state index is -1.08. The van der Waals surface area contributed by atoms with Gasteiger partial charge >= 0.3 is 0 Å². The van der Waals surface area contributed by atoms with Gasteiger partial charge in [-0.05, 0) is 30.2 Å². The van der Waals surface area contributed by atoms with E-state index in [1.807, 2.05) is 13.0 Å². The van der Waals surface area contributed by atoms with Gasteiger partial charge in [0.05, 0.1) is 14.2 Å². The number of aliphatic hydroxyl groups is 1. The Morgan fingerprint density at radius 2 is 1.71 bits per heavy atom. The molecule has 3 nitrogen and oxygen atoms in total. The Bertz CT molecular complexity index is 658. The summed E-state index contributed by atoms with van der Waals surface area (Å²) < 4.78 is 25.3. The molecule has 0 saturated carbocycles. The minimum absolute atomic E-state index is 0.147. The third-order valence-electron chi connectivity index (χ3n) is 3.40. The number of rotatable bonds is 4.